The third-order valence-corrected chi connectivity index (χ3v) is 7.20. The van der Waals surface area contributed by atoms with Crippen molar-refractivity contribution in [3.8, 4) is 5.75 Å². The van der Waals surface area contributed by atoms with Crippen LogP contribution in [0.25, 0.3) is 0 Å². The molecule has 11 heteroatoms. The van der Waals surface area contributed by atoms with Crippen LogP contribution in [0.15, 0.2) is 48.7 Å². The molecule has 2 heterocycles. The molecule has 7 atom stereocenters. The van der Waals surface area contributed by atoms with Crippen LogP contribution >= 0.6 is 0 Å². The van der Waals surface area contributed by atoms with Crippen molar-refractivity contribution in [3.63, 3.8) is 0 Å². The molecule has 1 saturated heterocycles. The molecular weight excluding hydrogens is 502 g/mol. The Balaban J connectivity index is 2.00. The fourth-order valence-electron chi connectivity index (χ4n) is 4.48. The zero-order chi connectivity index (χ0) is 28.7. The summed E-state index contributed by atoms with van der Waals surface area (Å²) in [7, 11) is 0. The van der Waals surface area contributed by atoms with E-state index in [-0.39, 0.29) is 23.8 Å². The zero-order valence-corrected chi connectivity index (χ0v) is 22.5. The van der Waals surface area contributed by atoms with E-state index < -0.39 is 59.8 Å². The predicted octanol–water partition coefficient (Wildman–Crippen LogP) is 0.659. The first-order chi connectivity index (χ1) is 18.5. The van der Waals surface area contributed by atoms with E-state index in [1.165, 1.54) is 25.3 Å². The fraction of sp³-hybridized carbons (Fsp3) is 0.464. The van der Waals surface area contributed by atoms with Crippen molar-refractivity contribution in [1.29, 1.82) is 0 Å². The van der Waals surface area contributed by atoms with Gasteiger partial charge in [0.25, 0.3) is 5.91 Å². The van der Waals surface area contributed by atoms with Crippen molar-refractivity contribution in [2.45, 2.75) is 70.8 Å². The van der Waals surface area contributed by atoms with Gasteiger partial charge in [0.15, 0.2) is 5.69 Å². The van der Waals surface area contributed by atoms with E-state index in [0.29, 0.717) is 6.42 Å². The molecule has 3 rings (SSSR count). The minimum Gasteiger partial charge on any atom is -0.505 e. The standard InChI is InChI=1S/C28H37N5O6/c1-5-15(2)21-26(37)30-17(4)22(33-28(39)23-20(34)12-9-13-29-23)27(38)31-19(14-18-10-7-6-8-11-18)24(35)16(3)25(36)32-21/h6-13,15-17,19,21-22,24,34-35H,5,14H2,1-4H3,(H,30,37)(H,31,38)(H,32,36)(H,33,39). The van der Waals surface area contributed by atoms with Crippen LogP contribution in [0.1, 0.15) is 50.2 Å². The van der Waals surface area contributed by atoms with Gasteiger partial charge in [-0.1, -0.05) is 57.5 Å². The van der Waals surface area contributed by atoms with Gasteiger partial charge in [0, 0.05) is 6.20 Å². The fourth-order valence-corrected chi connectivity index (χ4v) is 4.48. The van der Waals surface area contributed by atoms with E-state index in [1.54, 1.807) is 6.92 Å². The van der Waals surface area contributed by atoms with Crippen LogP contribution < -0.4 is 21.3 Å². The van der Waals surface area contributed by atoms with E-state index in [2.05, 4.69) is 26.3 Å². The summed E-state index contributed by atoms with van der Waals surface area (Å²) in [6, 6.07) is 7.87. The number of rotatable bonds is 6. The number of pyridine rings is 1. The molecule has 0 radical (unpaired) electrons. The smallest absolute Gasteiger partial charge is 0.274 e. The van der Waals surface area contributed by atoms with Gasteiger partial charge in [0.05, 0.1) is 24.1 Å². The molecule has 4 amide bonds. The Hall–Kier alpha value is -3.99. The normalized spacial score (nSPS) is 27.2. The number of aliphatic hydroxyl groups excluding tert-OH is 1. The number of benzene rings is 1. The first-order valence-electron chi connectivity index (χ1n) is 13.1. The minimum atomic E-state index is -1.30. The average molecular weight is 540 g/mol. The van der Waals surface area contributed by atoms with Crippen molar-refractivity contribution in [2.75, 3.05) is 0 Å². The predicted molar refractivity (Wildman–Crippen MR) is 143 cm³/mol. The number of hydrogen-bond donors (Lipinski definition) is 6. The molecule has 39 heavy (non-hydrogen) atoms. The summed E-state index contributed by atoms with van der Waals surface area (Å²) < 4.78 is 0. The van der Waals surface area contributed by atoms with Crippen molar-refractivity contribution in [3.05, 3.63) is 59.9 Å². The van der Waals surface area contributed by atoms with Crippen LogP contribution in [0.4, 0.5) is 0 Å². The molecule has 2 aromatic rings. The molecule has 1 fully saturated rings. The number of amides is 4. The molecule has 0 saturated carbocycles. The number of carbonyl (C=O) groups excluding carboxylic acids is 4. The number of hydrogen-bond acceptors (Lipinski definition) is 7. The quantitative estimate of drug-likeness (QED) is 0.313. The Labute approximate surface area is 227 Å². The Morgan fingerprint density at radius 2 is 1.69 bits per heavy atom. The van der Waals surface area contributed by atoms with Gasteiger partial charge in [-0.2, -0.15) is 0 Å². The van der Waals surface area contributed by atoms with Gasteiger partial charge < -0.3 is 31.5 Å². The molecule has 210 valence electrons. The minimum absolute atomic E-state index is 0.211. The van der Waals surface area contributed by atoms with Crippen LogP contribution in [-0.4, -0.2) is 69.1 Å². The number of nitrogens with one attached hydrogen (secondary N) is 4. The van der Waals surface area contributed by atoms with Crippen LogP contribution in [0.2, 0.25) is 0 Å². The second-order valence-electron chi connectivity index (χ2n) is 10.1. The van der Waals surface area contributed by atoms with Gasteiger partial charge in [-0.05, 0) is 37.0 Å². The molecule has 0 spiro atoms. The van der Waals surface area contributed by atoms with Gasteiger partial charge >= 0.3 is 0 Å². The van der Waals surface area contributed by atoms with Crippen LogP contribution in [-0.2, 0) is 20.8 Å². The number of aromatic hydroxyl groups is 1. The van der Waals surface area contributed by atoms with Crippen LogP contribution in [0, 0.1) is 11.8 Å². The second kappa shape index (κ2) is 13.2. The SMILES string of the molecule is CCC(C)C1NC(=O)C(C)C(O)C(Cc2ccccc2)NC(=O)C(NC(=O)c2ncccc2O)C(C)NC1=O. The Morgan fingerprint density at radius 3 is 2.33 bits per heavy atom. The van der Waals surface area contributed by atoms with E-state index in [9.17, 15) is 29.4 Å². The molecule has 7 unspecified atom stereocenters. The van der Waals surface area contributed by atoms with Crippen molar-refractivity contribution < 1.29 is 29.4 Å². The first kappa shape index (κ1) is 29.6. The van der Waals surface area contributed by atoms with Crippen molar-refractivity contribution in [2.24, 2.45) is 11.8 Å². The monoisotopic (exact) mass is 539 g/mol. The summed E-state index contributed by atoms with van der Waals surface area (Å²) in [6.45, 7) is 6.78. The number of carbonyl (C=O) groups is 4. The zero-order valence-electron chi connectivity index (χ0n) is 22.5. The van der Waals surface area contributed by atoms with Gasteiger partial charge in [0.1, 0.15) is 17.8 Å². The summed E-state index contributed by atoms with van der Waals surface area (Å²) in [5.41, 5.74) is 0.536. The molecular formula is C28H37N5O6. The molecule has 6 N–H and O–H groups in total. The van der Waals surface area contributed by atoms with Crippen molar-refractivity contribution >= 4 is 23.6 Å². The Kier molecular flexibility index (Phi) is 10.00. The molecule has 0 bridgehead atoms. The maximum absolute atomic E-state index is 13.6. The van der Waals surface area contributed by atoms with E-state index in [0.717, 1.165) is 5.56 Å². The number of aromatic nitrogens is 1. The molecule has 1 aromatic carbocycles. The lowest BCUT2D eigenvalue weighted by atomic mass is 9.90. The summed E-state index contributed by atoms with van der Waals surface area (Å²) >= 11 is 0. The highest BCUT2D eigenvalue weighted by Crippen LogP contribution is 2.18. The highest BCUT2D eigenvalue weighted by molar-refractivity contribution is 5.98. The van der Waals surface area contributed by atoms with Gasteiger partial charge in [-0.25, -0.2) is 4.98 Å². The number of nitrogens with zero attached hydrogens (tertiary/aromatic N) is 1. The summed E-state index contributed by atoms with van der Waals surface area (Å²) in [4.78, 5) is 56.9. The Morgan fingerprint density at radius 1 is 1.00 bits per heavy atom. The average Bonchev–Trinajstić information content (AvgIpc) is 2.92. The molecule has 1 aromatic heterocycles. The summed E-state index contributed by atoms with van der Waals surface area (Å²) in [5.74, 6) is -4.12. The maximum atomic E-state index is 13.6. The molecule has 1 aliphatic heterocycles. The van der Waals surface area contributed by atoms with E-state index in [1.807, 2.05) is 44.2 Å². The third-order valence-electron chi connectivity index (χ3n) is 7.20. The van der Waals surface area contributed by atoms with E-state index >= 15 is 0 Å². The second-order valence-corrected chi connectivity index (χ2v) is 10.1. The summed E-state index contributed by atoms with van der Waals surface area (Å²) in [5, 5.41) is 32.2. The lowest BCUT2D eigenvalue weighted by molar-refractivity contribution is -0.137. The molecule has 0 aliphatic carbocycles. The lowest BCUT2D eigenvalue weighted by Crippen LogP contribution is -2.64. The van der Waals surface area contributed by atoms with Crippen LogP contribution in [0.5, 0.6) is 5.75 Å². The summed E-state index contributed by atoms with van der Waals surface area (Å²) in [6.07, 6.45) is 0.817. The maximum Gasteiger partial charge on any atom is 0.274 e. The van der Waals surface area contributed by atoms with Crippen molar-refractivity contribution in [1.82, 2.24) is 26.3 Å². The largest absolute Gasteiger partial charge is 0.505 e. The van der Waals surface area contributed by atoms with Gasteiger partial charge in [0.2, 0.25) is 17.7 Å². The first-order valence-corrected chi connectivity index (χ1v) is 13.1. The topological polar surface area (TPSA) is 170 Å². The third kappa shape index (κ3) is 7.32. The highest BCUT2D eigenvalue weighted by atomic mass is 16.3. The van der Waals surface area contributed by atoms with Crippen LogP contribution in [0.3, 0.4) is 0 Å². The lowest BCUT2D eigenvalue weighted by Gasteiger charge is -2.35. The van der Waals surface area contributed by atoms with Gasteiger partial charge in [-0.15, -0.1) is 0 Å². The Bertz CT molecular complexity index is 1180. The highest BCUT2D eigenvalue weighted by Gasteiger charge is 2.39. The van der Waals surface area contributed by atoms with E-state index in [4.69, 9.17) is 0 Å². The molecule has 11 nitrogen and oxygen atoms in total. The number of aliphatic hydroxyl groups is 1. The molecule has 1 aliphatic rings. The van der Waals surface area contributed by atoms with Gasteiger partial charge in [-0.3, -0.25) is 19.2 Å².